The van der Waals surface area contributed by atoms with Gasteiger partial charge in [-0.25, -0.2) is 0 Å². The van der Waals surface area contributed by atoms with Gasteiger partial charge in [0.15, 0.2) is 0 Å². The maximum Gasteiger partial charge on any atom is 0.148 e. The van der Waals surface area contributed by atoms with Gasteiger partial charge in [0.25, 0.3) is 0 Å². The van der Waals surface area contributed by atoms with Crippen molar-refractivity contribution < 1.29 is 4.74 Å². The van der Waals surface area contributed by atoms with Crippen LogP contribution in [-0.2, 0) is 4.74 Å². The van der Waals surface area contributed by atoms with Crippen LogP contribution in [0.3, 0.4) is 0 Å². The van der Waals surface area contributed by atoms with Crippen molar-refractivity contribution in [2.24, 2.45) is 11.8 Å². The molecule has 2 saturated heterocycles. The molecule has 2 aromatic rings. The first-order valence-corrected chi connectivity index (χ1v) is 10.9. The summed E-state index contributed by atoms with van der Waals surface area (Å²) >= 11 is 0. The average molecular weight is 394 g/mol. The molecule has 6 heteroatoms. The third kappa shape index (κ3) is 4.14. The molecule has 29 heavy (non-hydrogen) atoms. The lowest BCUT2D eigenvalue weighted by atomic mass is 9.93. The number of nitrogens with zero attached hydrogens (tertiary/aromatic N) is 4. The molecule has 1 saturated carbocycles. The Kier molecular flexibility index (Phi) is 5.00. The molecule has 0 radical (unpaired) electrons. The smallest absolute Gasteiger partial charge is 0.148 e. The van der Waals surface area contributed by atoms with Crippen LogP contribution in [0.15, 0.2) is 36.7 Å². The van der Waals surface area contributed by atoms with Crippen LogP contribution in [0.1, 0.15) is 39.5 Å². The maximum absolute atomic E-state index is 5.92. The largest absolute Gasteiger partial charge is 0.375 e. The van der Waals surface area contributed by atoms with E-state index in [1.807, 2.05) is 30.5 Å². The summed E-state index contributed by atoms with van der Waals surface area (Å²) in [7, 11) is 0. The molecule has 6 nitrogen and oxygen atoms in total. The number of rotatable bonds is 4. The number of hydrogen-bond acceptors (Lipinski definition) is 6. The molecule has 154 valence electrons. The molecule has 0 spiro atoms. The van der Waals surface area contributed by atoms with Crippen molar-refractivity contribution in [1.29, 1.82) is 0 Å². The Labute approximate surface area is 173 Å². The van der Waals surface area contributed by atoms with E-state index in [1.165, 1.54) is 32.4 Å². The van der Waals surface area contributed by atoms with Crippen LogP contribution >= 0.6 is 0 Å². The van der Waals surface area contributed by atoms with Crippen LogP contribution in [-0.4, -0.2) is 57.5 Å². The van der Waals surface area contributed by atoms with Crippen LogP contribution in [0.25, 0.3) is 11.3 Å². The highest BCUT2D eigenvalue weighted by Gasteiger charge is 2.44. The predicted octanol–water partition coefficient (Wildman–Crippen LogP) is 3.62. The number of hydrogen-bond donors (Lipinski definition) is 1. The van der Waals surface area contributed by atoms with E-state index in [4.69, 9.17) is 4.74 Å². The van der Waals surface area contributed by atoms with Crippen molar-refractivity contribution in [2.45, 2.75) is 57.2 Å². The lowest BCUT2D eigenvalue weighted by Crippen LogP contribution is -2.45. The van der Waals surface area contributed by atoms with E-state index in [2.05, 4.69) is 39.2 Å². The van der Waals surface area contributed by atoms with Crippen LogP contribution < -0.4 is 5.32 Å². The van der Waals surface area contributed by atoms with Crippen LogP contribution in [0.2, 0.25) is 0 Å². The minimum Gasteiger partial charge on any atom is -0.375 e. The van der Waals surface area contributed by atoms with E-state index in [0.29, 0.717) is 12.1 Å². The van der Waals surface area contributed by atoms with Gasteiger partial charge in [-0.05, 0) is 75.6 Å². The Morgan fingerprint density at radius 2 is 1.93 bits per heavy atom. The van der Waals surface area contributed by atoms with Crippen molar-refractivity contribution in [2.75, 3.05) is 25.0 Å². The van der Waals surface area contributed by atoms with E-state index in [1.54, 1.807) is 6.20 Å². The number of anilines is 1. The van der Waals surface area contributed by atoms with Crippen molar-refractivity contribution >= 4 is 5.82 Å². The molecule has 3 aliphatic rings. The van der Waals surface area contributed by atoms with Gasteiger partial charge in [0.05, 0.1) is 11.3 Å². The van der Waals surface area contributed by atoms with Crippen molar-refractivity contribution in [1.82, 2.24) is 20.1 Å². The minimum atomic E-state index is 0.0331. The van der Waals surface area contributed by atoms with Crippen molar-refractivity contribution in [3.05, 3.63) is 36.7 Å². The molecule has 1 unspecified atom stereocenters. The SMILES string of the molecule is CC1(C)CC(N2C[C@H]3C[C@H](Nc4ccc(-c5cccnc5)nn4)C[C@H]3C2)CCO1. The summed E-state index contributed by atoms with van der Waals surface area (Å²) in [6, 6.07) is 9.20. The monoisotopic (exact) mass is 393 g/mol. The Bertz CT molecular complexity index is 811. The number of fused-ring (bicyclic) bond motifs is 1. The number of ether oxygens (including phenoxy) is 1. The van der Waals surface area contributed by atoms with Crippen molar-refractivity contribution in [3.63, 3.8) is 0 Å². The second-order valence-electron chi connectivity index (χ2n) is 9.59. The first-order valence-electron chi connectivity index (χ1n) is 10.9. The van der Waals surface area contributed by atoms with E-state index in [0.717, 1.165) is 41.9 Å². The zero-order valence-corrected chi connectivity index (χ0v) is 17.4. The molecule has 5 rings (SSSR count). The van der Waals surface area contributed by atoms with Gasteiger partial charge in [0.1, 0.15) is 5.82 Å². The molecular formula is C23H31N5O. The predicted molar refractivity (Wildman–Crippen MR) is 114 cm³/mol. The van der Waals surface area contributed by atoms with Gasteiger partial charge < -0.3 is 10.1 Å². The van der Waals surface area contributed by atoms with Gasteiger partial charge in [-0.2, -0.15) is 0 Å². The third-order valence-electron chi connectivity index (χ3n) is 6.94. The Balaban J connectivity index is 1.15. The van der Waals surface area contributed by atoms with Crippen LogP contribution in [0, 0.1) is 11.8 Å². The quantitative estimate of drug-likeness (QED) is 0.856. The highest BCUT2D eigenvalue weighted by molar-refractivity contribution is 5.58. The fourth-order valence-electron chi connectivity index (χ4n) is 5.55. The summed E-state index contributed by atoms with van der Waals surface area (Å²) in [5.74, 6) is 2.49. The first-order chi connectivity index (χ1) is 14.1. The Morgan fingerprint density at radius 3 is 2.59 bits per heavy atom. The van der Waals surface area contributed by atoms with Gasteiger partial charge in [0, 0.05) is 49.7 Å². The summed E-state index contributed by atoms with van der Waals surface area (Å²) < 4.78 is 5.92. The summed E-state index contributed by atoms with van der Waals surface area (Å²) in [5.41, 5.74) is 1.89. The van der Waals surface area contributed by atoms with Gasteiger partial charge in [-0.3, -0.25) is 9.88 Å². The van der Waals surface area contributed by atoms with E-state index >= 15 is 0 Å². The molecule has 0 bridgehead atoms. The third-order valence-corrected chi connectivity index (χ3v) is 6.94. The molecule has 1 aliphatic carbocycles. The standard InChI is InChI=1S/C23H31N5O/c1-23(2)12-20(7-9-29-23)28-14-17-10-19(11-18(17)15-28)25-22-6-5-21(26-27-22)16-4-3-8-24-13-16/h3-6,8,13,17-20H,7,9-12,14-15H2,1-2H3,(H,25,27)/t17-,18+,19+,20?. The zero-order valence-electron chi connectivity index (χ0n) is 17.4. The van der Waals surface area contributed by atoms with Gasteiger partial charge in [0.2, 0.25) is 0 Å². The normalized spacial score (nSPS) is 31.5. The average Bonchev–Trinajstić information content (AvgIpc) is 3.27. The summed E-state index contributed by atoms with van der Waals surface area (Å²) in [6.07, 6.45) is 8.41. The number of nitrogens with one attached hydrogen (secondary N) is 1. The molecule has 4 atom stereocenters. The van der Waals surface area contributed by atoms with Gasteiger partial charge in [-0.1, -0.05) is 0 Å². The summed E-state index contributed by atoms with van der Waals surface area (Å²) in [6.45, 7) is 7.86. The Hall–Kier alpha value is -2.05. The molecule has 4 heterocycles. The molecule has 2 aromatic heterocycles. The second kappa shape index (κ2) is 7.65. The summed E-state index contributed by atoms with van der Waals surface area (Å²) in [5, 5.41) is 12.4. The highest BCUT2D eigenvalue weighted by atomic mass is 16.5. The molecule has 1 N–H and O–H groups in total. The number of pyridine rings is 1. The maximum atomic E-state index is 5.92. The Morgan fingerprint density at radius 1 is 1.10 bits per heavy atom. The number of aromatic nitrogens is 3. The fourth-order valence-corrected chi connectivity index (χ4v) is 5.55. The highest BCUT2D eigenvalue weighted by Crippen LogP contribution is 2.41. The topological polar surface area (TPSA) is 63.2 Å². The molecule has 2 aliphatic heterocycles. The van der Waals surface area contributed by atoms with Gasteiger partial charge in [-0.15, -0.1) is 10.2 Å². The molecule has 3 fully saturated rings. The summed E-state index contributed by atoms with van der Waals surface area (Å²) in [4.78, 5) is 6.90. The zero-order chi connectivity index (χ0) is 19.8. The lowest BCUT2D eigenvalue weighted by molar-refractivity contribution is -0.0811. The number of likely N-dealkylation sites (tertiary alicyclic amines) is 1. The fraction of sp³-hybridized carbons (Fsp3) is 0.609. The van der Waals surface area contributed by atoms with E-state index in [9.17, 15) is 0 Å². The van der Waals surface area contributed by atoms with Crippen molar-refractivity contribution in [3.8, 4) is 11.3 Å². The second-order valence-corrected chi connectivity index (χ2v) is 9.59. The molecule has 0 aromatic carbocycles. The van der Waals surface area contributed by atoms with Gasteiger partial charge >= 0.3 is 0 Å². The van der Waals surface area contributed by atoms with E-state index in [-0.39, 0.29) is 5.60 Å². The minimum absolute atomic E-state index is 0.0331. The lowest BCUT2D eigenvalue weighted by Gasteiger charge is -2.40. The van der Waals surface area contributed by atoms with Crippen LogP contribution in [0.5, 0.6) is 0 Å². The van der Waals surface area contributed by atoms with E-state index < -0.39 is 0 Å². The molecule has 0 amide bonds. The first kappa shape index (κ1) is 18.9. The molecular weight excluding hydrogens is 362 g/mol. The van der Waals surface area contributed by atoms with Crippen LogP contribution in [0.4, 0.5) is 5.82 Å².